The van der Waals surface area contributed by atoms with Crippen LogP contribution in [-0.4, -0.2) is 78.3 Å². The Balaban J connectivity index is 4.83. The fraction of sp³-hybridized carbons (Fsp3) is 1.00. The zero-order valence-corrected chi connectivity index (χ0v) is 23.0. The molecule has 0 aliphatic carbocycles. The highest BCUT2D eigenvalue weighted by Crippen LogP contribution is 2.24. The maximum atomic E-state index is 6.64. The van der Waals surface area contributed by atoms with Crippen molar-refractivity contribution in [2.45, 2.75) is 65.8 Å². The van der Waals surface area contributed by atoms with Crippen LogP contribution >= 0.6 is 0 Å². The van der Waals surface area contributed by atoms with Crippen LogP contribution in [0.2, 0.25) is 32.2 Å². The molecule has 8 nitrogen and oxygen atoms in total. The molecule has 0 aromatic carbocycles. The van der Waals surface area contributed by atoms with E-state index in [9.17, 15) is 0 Å². The molecule has 0 fully saturated rings. The highest BCUT2D eigenvalue weighted by atomic mass is 28.5. The van der Waals surface area contributed by atoms with Crippen LogP contribution < -0.4 is 21.3 Å². The van der Waals surface area contributed by atoms with Crippen molar-refractivity contribution >= 4 is 25.8 Å². The third-order valence-corrected chi connectivity index (χ3v) is 15.4. The van der Waals surface area contributed by atoms with E-state index in [0.29, 0.717) is 19.8 Å². The maximum Gasteiger partial charge on any atom is 0.412 e. The van der Waals surface area contributed by atoms with Gasteiger partial charge in [-0.3, -0.25) is 4.98 Å². The molecule has 0 rings (SSSR count). The zero-order chi connectivity index (χ0) is 22.2. The Morgan fingerprint density at radius 1 is 0.759 bits per heavy atom. The number of nitrogens with two attached hydrogens (primary N) is 1. The van der Waals surface area contributed by atoms with Crippen LogP contribution in [0.1, 0.15) is 33.6 Å². The average molecular weight is 469 g/mol. The predicted molar refractivity (Wildman–Crippen MR) is 129 cm³/mol. The molecule has 5 N–H and O–H groups in total. The highest BCUT2D eigenvalue weighted by Gasteiger charge is 2.45. The van der Waals surface area contributed by atoms with Crippen LogP contribution in [0.4, 0.5) is 0 Å². The van der Waals surface area contributed by atoms with Crippen molar-refractivity contribution in [3.63, 3.8) is 0 Å². The van der Waals surface area contributed by atoms with E-state index in [4.69, 9.17) is 22.8 Å². The number of hydrogen-bond acceptors (Lipinski definition) is 8. The second-order valence-electron chi connectivity index (χ2n) is 7.87. The Bertz CT molecular complexity index is 379. The van der Waals surface area contributed by atoms with Crippen molar-refractivity contribution < 1.29 is 17.1 Å². The Morgan fingerprint density at radius 3 is 2.00 bits per heavy atom. The van der Waals surface area contributed by atoms with E-state index in [-0.39, 0.29) is 0 Å². The van der Waals surface area contributed by atoms with Crippen molar-refractivity contribution in [2.75, 3.05) is 52.5 Å². The normalized spacial score (nSPS) is 16.6. The summed E-state index contributed by atoms with van der Waals surface area (Å²) < 4.78 is 25.4. The van der Waals surface area contributed by atoms with Gasteiger partial charge in [-0.15, -0.1) is 0 Å². The third-order valence-electron chi connectivity index (χ3n) is 4.25. The molecule has 0 radical (unpaired) electrons. The van der Waals surface area contributed by atoms with Crippen molar-refractivity contribution in [1.82, 2.24) is 15.6 Å². The van der Waals surface area contributed by atoms with Crippen LogP contribution in [0.5, 0.6) is 0 Å². The van der Waals surface area contributed by atoms with Gasteiger partial charge in [-0.25, -0.2) is 0 Å². The first-order valence-corrected chi connectivity index (χ1v) is 18.9. The first-order valence-electron chi connectivity index (χ1n) is 11.2. The van der Waals surface area contributed by atoms with E-state index in [1.165, 1.54) is 0 Å². The largest absolute Gasteiger partial charge is 0.415 e. The number of nitrogens with one attached hydrogen (secondary N) is 3. The molecular formula is C18H48N4O4Si3. The highest BCUT2D eigenvalue weighted by molar-refractivity contribution is 6.84. The van der Waals surface area contributed by atoms with Gasteiger partial charge in [0, 0.05) is 39.4 Å². The second-order valence-corrected chi connectivity index (χ2v) is 17.9. The molecule has 0 aromatic heterocycles. The van der Waals surface area contributed by atoms with Gasteiger partial charge in [0.25, 0.3) is 0 Å². The van der Waals surface area contributed by atoms with Crippen molar-refractivity contribution in [3.8, 4) is 0 Å². The molecule has 0 aliphatic heterocycles. The monoisotopic (exact) mass is 468 g/mol. The van der Waals surface area contributed by atoms with Gasteiger partial charge in [-0.2, -0.15) is 0 Å². The molecule has 0 heterocycles. The topological polar surface area (TPSA) is 99.0 Å². The number of rotatable bonds is 20. The lowest BCUT2D eigenvalue weighted by Gasteiger charge is -2.39. The van der Waals surface area contributed by atoms with E-state index in [0.717, 1.165) is 51.6 Å². The molecular weight excluding hydrogens is 420 g/mol. The van der Waals surface area contributed by atoms with Crippen LogP contribution in [0, 0.1) is 0 Å². The van der Waals surface area contributed by atoms with Gasteiger partial charge in [-0.05, 0) is 72.0 Å². The molecule has 11 heteroatoms. The molecule has 0 saturated heterocycles. The summed E-state index contributed by atoms with van der Waals surface area (Å²) in [6.07, 6.45) is 2.14. The summed E-state index contributed by atoms with van der Waals surface area (Å²) in [5.41, 5.74) is 5.54. The molecule has 176 valence electrons. The molecule has 29 heavy (non-hydrogen) atoms. The SMILES string of the molecule is CCCNCCN[Si](C)(OCC)O[Si](C)(C)O[Si](C)(CCCNCCN)OCC. The van der Waals surface area contributed by atoms with Gasteiger partial charge in [0.1, 0.15) is 0 Å². The predicted octanol–water partition coefficient (Wildman–Crippen LogP) is 1.96. The number of hydrogen-bond donors (Lipinski definition) is 4. The van der Waals surface area contributed by atoms with E-state index in [2.05, 4.69) is 48.7 Å². The van der Waals surface area contributed by atoms with Crippen LogP contribution in [-0.2, 0) is 17.1 Å². The second kappa shape index (κ2) is 16.0. The van der Waals surface area contributed by atoms with E-state index in [1.807, 2.05) is 13.8 Å². The Hall–Kier alpha value is 0.331. The van der Waals surface area contributed by atoms with E-state index >= 15 is 0 Å². The van der Waals surface area contributed by atoms with Crippen LogP contribution in [0.25, 0.3) is 0 Å². The van der Waals surface area contributed by atoms with Crippen molar-refractivity contribution in [2.24, 2.45) is 5.73 Å². The summed E-state index contributed by atoms with van der Waals surface area (Å²) in [6, 6.07) is 0.930. The molecule has 0 saturated carbocycles. The Morgan fingerprint density at radius 2 is 1.41 bits per heavy atom. The smallest absolute Gasteiger partial charge is 0.412 e. The summed E-state index contributed by atoms with van der Waals surface area (Å²) >= 11 is 0. The lowest BCUT2D eigenvalue weighted by molar-refractivity contribution is 0.201. The lowest BCUT2D eigenvalue weighted by atomic mass is 10.5. The zero-order valence-electron chi connectivity index (χ0n) is 20.0. The fourth-order valence-corrected chi connectivity index (χ4v) is 15.7. The van der Waals surface area contributed by atoms with Gasteiger partial charge < -0.3 is 33.4 Å². The lowest BCUT2D eigenvalue weighted by Crippen LogP contribution is -2.63. The molecule has 2 atom stereocenters. The molecule has 0 amide bonds. The fourth-order valence-electron chi connectivity index (χ4n) is 3.30. The van der Waals surface area contributed by atoms with Gasteiger partial charge in [0.05, 0.1) is 0 Å². The summed E-state index contributed by atoms with van der Waals surface area (Å²) in [7, 11) is -7.30. The minimum Gasteiger partial charge on any atom is -0.415 e. The van der Waals surface area contributed by atoms with Gasteiger partial charge >= 0.3 is 25.8 Å². The molecule has 2 unspecified atom stereocenters. The minimum atomic E-state index is -2.53. The van der Waals surface area contributed by atoms with Crippen LogP contribution in [0.3, 0.4) is 0 Å². The van der Waals surface area contributed by atoms with E-state index < -0.39 is 25.8 Å². The van der Waals surface area contributed by atoms with Crippen LogP contribution in [0.15, 0.2) is 0 Å². The standard InChI is InChI=1S/C18H48N4O4Si3/c1-8-13-20-16-17-22-29(7,24-10-3)26-27(4,5)25-28(6,23-9-2)18-11-14-21-15-12-19/h20-22H,8-19H2,1-7H3. The maximum absolute atomic E-state index is 6.64. The summed E-state index contributed by atoms with van der Waals surface area (Å²) in [4.78, 5) is 3.54. The summed E-state index contributed by atoms with van der Waals surface area (Å²) in [6.45, 7) is 21.1. The third kappa shape index (κ3) is 14.9. The minimum absolute atomic E-state index is 0.621. The van der Waals surface area contributed by atoms with Gasteiger partial charge in [0.15, 0.2) is 0 Å². The first kappa shape index (κ1) is 29.3. The van der Waals surface area contributed by atoms with Gasteiger partial charge in [0.2, 0.25) is 0 Å². The quantitative estimate of drug-likeness (QED) is 0.159. The molecule has 0 aliphatic rings. The molecule has 0 spiro atoms. The molecule has 0 aromatic rings. The Kier molecular flexibility index (Phi) is 16.2. The van der Waals surface area contributed by atoms with Crippen molar-refractivity contribution in [1.29, 1.82) is 0 Å². The van der Waals surface area contributed by atoms with E-state index in [1.54, 1.807) is 0 Å². The van der Waals surface area contributed by atoms with Crippen molar-refractivity contribution in [3.05, 3.63) is 0 Å². The van der Waals surface area contributed by atoms with Gasteiger partial charge in [-0.1, -0.05) is 6.92 Å². The summed E-state index contributed by atoms with van der Waals surface area (Å²) in [5, 5.41) is 6.75. The first-order chi connectivity index (χ1) is 13.7. The summed E-state index contributed by atoms with van der Waals surface area (Å²) in [5.74, 6) is 0. The Labute approximate surface area is 182 Å². The molecule has 0 bridgehead atoms. The average Bonchev–Trinajstić information content (AvgIpc) is 2.60.